The van der Waals surface area contributed by atoms with Gasteiger partial charge < -0.3 is 10.1 Å². The molecule has 10 nitrogen and oxygen atoms in total. The average molecular weight is 467 g/mol. The standard InChI is InChI=1S/C20H22FN3O7S/c1-12(2)18(23-32(29,30)17-7-5-4-6-16(17)21)20(26)31-13(3)19(25)22-14-8-10-15(11-9-14)24(27)28/h4-13,18,23H,1-3H3,(H,22,25). The van der Waals surface area contributed by atoms with Gasteiger partial charge in [0.05, 0.1) is 4.92 Å². The molecule has 2 N–H and O–H groups in total. The zero-order valence-electron chi connectivity index (χ0n) is 17.4. The molecule has 0 heterocycles. The van der Waals surface area contributed by atoms with Crippen molar-refractivity contribution in [3.63, 3.8) is 0 Å². The molecule has 0 aliphatic rings. The maximum absolute atomic E-state index is 13.9. The van der Waals surface area contributed by atoms with Crippen LogP contribution in [0.3, 0.4) is 0 Å². The molecule has 2 rings (SSSR count). The fourth-order valence-corrected chi connectivity index (χ4v) is 3.97. The first-order chi connectivity index (χ1) is 14.9. The fourth-order valence-electron chi connectivity index (χ4n) is 2.56. The van der Waals surface area contributed by atoms with Crippen molar-refractivity contribution in [3.05, 3.63) is 64.5 Å². The molecule has 0 radical (unpaired) electrons. The highest BCUT2D eigenvalue weighted by Crippen LogP contribution is 2.18. The molecule has 0 saturated heterocycles. The first-order valence-electron chi connectivity index (χ1n) is 9.45. The number of carbonyl (C=O) groups excluding carboxylic acids is 2. The van der Waals surface area contributed by atoms with Gasteiger partial charge in [0, 0.05) is 17.8 Å². The van der Waals surface area contributed by atoms with E-state index in [4.69, 9.17) is 4.74 Å². The van der Waals surface area contributed by atoms with E-state index in [-0.39, 0.29) is 11.4 Å². The minimum absolute atomic E-state index is 0.163. The highest BCUT2D eigenvalue weighted by Gasteiger charge is 2.32. The minimum Gasteiger partial charge on any atom is -0.451 e. The summed E-state index contributed by atoms with van der Waals surface area (Å²) in [4.78, 5) is 34.3. The number of anilines is 1. The predicted molar refractivity (Wildman–Crippen MR) is 113 cm³/mol. The van der Waals surface area contributed by atoms with Crippen molar-refractivity contribution in [2.75, 3.05) is 5.32 Å². The quantitative estimate of drug-likeness (QED) is 0.328. The summed E-state index contributed by atoms with van der Waals surface area (Å²) >= 11 is 0. The third-order valence-electron chi connectivity index (χ3n) is 4.34. The lowest BCUT2D eigenvalue weighted by Crippen LogP contribution is -2.47. The second kappa shape index (κ2) is 10.3. The van der Waals surface area contributed by atoms with E-state index >= 15 is 0 Å². The van der Waals surface area contributed by atoms with Crippen LogP contribution in [-0.2, 0) is 24.3 Å². The van der Waals surface area contributed by atoms with Crippen LogP contribution in [0.25, 0.3) is 0 Å². The number of sulfonamides is 1. The molecular weight excluding hydrogens is 445 g/mol. The summed E-state index contributed by atoms with van der Waals surface area (Å²) in [6.45, 7) is 4.39. The maximum atomic E-state index is 13.9. The SMILES string of the molecule is CC(OC(=O)C(NS(=O)(=O)c1ccccc1F)C(C)C)C(=O)Nc1ccc([N+](=O)[O-])cc1. The second-order valence-electron chi connectivity index (χ2n) is 7.15. The highest BCUT2D eigenvalue weighted by atomic mass is 32.2. The Hall–Kier alpha value is -3.38. The van der Waals surface area contributed by atoms with E-state index in [0.717, 1.165) is 12.1 Å². The lowest BCUT2D eigenvalue weighted by molar-refractivity contribution is -0.384. The summed E-state index contributed by atoms with van der Waals surface area (Å²) in [5.41, 5.74) is 0.0774. The van der Waals surface area contributed by atoms with Gasteiger partial charge in [-0.1, -0.05) is 26.0 Å². The Morgan fingerprint density at radius 3 is 2.19 bits per heavy atom. The Balaban J connectivity index is 2.07. The molecule has 172 valence electrons. The van der Waals surface area contributed by atoms with Crippen molar-refractivity contribution in [2.45, 2.75) is 37.8 Å². The molecule has 32 heavy (non-hydrogen) atoms. The molecule has 2 aromatic carbocycles. The van der Waals surface area contributed by atoms with Crippen molar-refractivity contribution < 1.29 is 32.1 Å². The van der Waals surface area contributed by atoms with E-state index in [0.29, 0.717) is 0 Å². The van der Waals surface area contributed by atoms with Crippen LogP contribution in [0.5, 0.6) is 0 Å². The summed E-state index contributed by atoms with van der Waals surface area (Å²) < 4.78 is 46.2. The van der Waals surface area contributed by atoms with Gasteiger partial charge in [0.1, 0.15) is 16.8 Å². The number of ether oxygens (including phenoxy) is 1. The number of nitro groups is 1. The summed E-state index contributed by atoms with van der Waals surface area (Å²) in [5, 5.41) is 13.1. The largest absolute Gasteiger partial charge is 0.451 e. The number of amides is 1. The van der Waals surface area contributed by atoms with Crippen LogP contribution in [0, 0.1) is 21.8 Å². The number of non-ortho nitro benzene ring substituents is 1. The van der Waals surface area contributed by atoms with Crippen molar-refractivity contribution in [1.82, 2.24) is 4.72 Å². The normalized spacial score (nSPS) is 13.3. The van der Waals surface area contributed by atoms with Gasteiger partial charge in [0.25, 0.3) is 11.6 Å². The van der Waals surface area contributed by atoms with Crippen LogP contribution < -0.4 is 10.0 Å². The number of nitrogens with one attached hydrogen (secondary N) is 2. The van der Waals surface area contributed by atoms with Crippen LogP contribution in [0.15, 0.2) is 53.4 Å². The molecule has 2 aromatic rings. The first-order valence-corrected chi connectivity index (χ1v) is 10.9. The molecule has 0 fully saturated rings. The van der Waals surface area contributed by atoms with E-state index in [1.54, 1.807) is 13.8 Å². The second-order valence-corrected chi connectivity index (χ2v) is 8.83. The van der Waals surface area contributed by atoms with Gasteiger partial charge in [-0.2, -0.15) is 4.72 Å². The van der Waals surface area contributed by atoms with E-state index in [2.05, 4.69) is 10.0 Å². The molecule has 0 bridgehead atoms. The number of esters is 1. The van der Waals surface area contributed by atoms with Gasteiger partial charge in [0.15, 0.2) is 6.10 Å². The van der Waals surface area contributed by atoms with Gasteiger partial charge in [-0.3, -0.25) is 19.7 Å². The van der Waals surface area contributed by atoms with Crippen molar-refractivity contribution in [2.24, 2.45) is 5.92 Å². The van der Waals surface area contributed by atoms with Crippen LogP contribution in [-0.4, -0.2) is 37.4 Å². The zero-order chi connectivity index (χ0) is 24.1. The molecule has 0 saturated carbocycles. The zero-order valence-corrected chi connectivity index (χ0v) is 18.3. The third-order valence-corrected chi connectivity index (χ3v) is 5.81. The summed E-state index contributed by atoms with van der Waals surface area (Å²) in [5.74, 6) is -3.31. The van der Waals surface area contributed by atoms with Gasteiger partial charge in [-0.15, -0.1) is 0 Å². The first kappa shape index (κ1) is 24.9. The number of carbonyl (C=O) groups is 2. The molecular formula is C20H22FN3O7S. The predicted octanol–water partition coefficient (Wildman–Crippen LogP) is 2.61. The minimum atomic E-state index is -4.38. The molecule has 12 heteroatoms. The maximum Gasteiger partial charge on any atom is 0.325 e. The number of halogens is 1. The van der Waals surface area contributed by atoms with Gasteiger partial charge >= 0.3 is 5.97 Å². The van der Waals surface area contributed by atoms with E-state index < -0.39 is 55.6 Å². The summed E-state index contributed by atoms with van der Waals surface area (Å²) in [7, 11) is -4.38. The number of benzene rings is 2. The molecule has 2 atom stereocenters. The Bertz CT molecular complexity index is 1100. The Kier molecular flexibility index (Phi) is 8.00. The van der Waals surface area contributed by atoms with Crippen molar-refractivity contribution in [3.8, 4) is 0 Å². The van der Waals surface area contributed by atoms with Crippen LogP contribution >= 0.6 is 0 Å². The fraction of sp³-hybridized carbons (Fsp3) is 0.300. The molecule has 0 aliphatic carbocycles. The van der Waals surface area contributed by atoms with Crippen molar-refractivity contribution in [1.29, 1.82) is 0 Å². The Morgan fingerprint density at radius 1 is 1.06 bits per heavy atom. The van der Waals surface area contributed by atoms with E-state index in [1.165, 1.54) is 43.3 Å². The lowest BCUT2D eigenvalue weighted by atomic mass is 10.1. The summed E-state index contributed by atoms with van der Waals surface area (Å²) in [6, 6.07) is 8.32. The average Bonchev–Trinajstić information content (AvgIpc) is 2.72. The lowest BCUT2D eigenvalue weighted by Gasteiger charge is -2.23. The number of nitrogens with zero attached hydrogens (tertiary/aromatic N) is 1. The van der Waals surface area contributed by atoms with Gasteiger partial charge in [-0.05, 0) is 37.1 Å². The van der Waals surface area contributed by atoms with E-state index in [1.807, 2.05) is 0 Å². The van der Waals surface area contributed by atoms with Gasteiger partial charge in [0.2, 0.25) is 10.0 Å². The number of rotatable bonds is 9. The third kappa shape index (κ3) is 6.31. The monoisotopic (exact) mass is 467 g/mol. The Labute approximate surface area is 184 Å². The number of hydrogen-bond donors (Lipinski definition) is 2. The van der Waals surface area contributed by atoms with Crippen molar-refractivity contribution >= 4 is 33.3 Å². The van der Waals surface area contributed by atoms with Gasteiger partial charge in [-0.25, -0.2) is 12.8 Å². The molecule has 0 spiro atoms. The van der Waals surface area contributed by atoms with Crippen LogP contribution in [0.1, 0.15) is 20.8 Å². The van der Waals surface area contributed by atoms with E-state index in [9.17, 15) is 32.5 Å². The summed E-state index contributed by atoms with van der Waals surface area (Å²) in [6.07, 6.45) is -1.31. The number of nitro benzene ring substituents is 1. The molecule has 0 aromatic heterocycles. The van der Waals surface area contributed by atoms with Crippen LogP contribution in [0.4, 0.5) is 15.8 Å². The highest BCUT2D eigenvalue weighted by molar-refractivity contribution is 7.89. The number of hydrogen-bond acceptors (Lipinski definition) is 7. The molecule has 1 amide bonds. The Morgan fingerprint density at radius 2 is 1.66 bits per heavy atom. The smallest absolute Gasteiger partial charge is 0.325 e. The molecule has 2 unspecified atom stereocenters. The van der Waals surface area contributed by atoms with Crippen LogP contribution in [0.2, 0.25) is 0 Å². The molecule has 0 aliphatic heterocycles. The topological polar surface area (TPSA) is 145 Å².